The Morgan fingerprint density at radius 2 is 2.00 bits per heavy atom. The minimum atomic E-state index is -0.129. The molecule has 1 aromatic rings. The Labute approximate surface area is 94.6 Å². The van der Waals surface area contributed by atoms with Gasteiger partial charge < -0.3 is 10.9 Å². The van der Waals surface area contributed by atoms with Crippen molar-refractivity contribution in [2.24, 2.45) is 10.9 Å². The van der Waals surface area contributed by atoms with Crippen LogP contribution in [0.25, 0.3) is 0 Å². The highest BCUT2D eigenvalue weighted by atomic mass is 16.4. The average Bonchev–Trinajstić information content (AvgIpc) is 2.84. The van der Waals surface area contributed by atoms with Gasteiger partial charge in [0.15, 0.2) is 5.84 Å². The Morgan fingerprint density at radius 1 is 1.38 bits per heavy atom. The molecular weight excluding hydrogens is 204 g/mol. The first-order chi connectivity index (χ1) is 7.83. The third-order valence-corrected chi connectivity index (χ3v) is 2.92. The van der Waals surface area contributed by atoms with Gasteiger partial charge in [-0.15, -0.1) is 0 Å². The molecule has 0 radical (unpaired) electrons. The minimum Gasteiger partial charge on any atom is -0.409 e. The van der Waals surface area contributed by atoms with Crippen LogP contribution in [0.1, 0.15) is 24.4 Å². The predicted octanol–water partition coefficient (Wildman–Crippen LogP) is 0.965. The first kappa shape index (κ1) is 10.9. The molecule has 2 rings (SSSR count). The van der Waals surface area contributed by atoms with Gasteiger partial charge in [-0.3, -0.25) is 9.88 Å². The standard InChI is InChI=1S/C11H16N4O/c12-11(14-16)10(15-7-1-2-8-15)9-3-5-13-6-4-9/h3-6,10,16H,1-2,7-8H2,(H2,12,14)/t10-/m0/s1. The van der Waals surface area contributed by atoms with Gasteiger partial charge in [-0.2, -0.15) is 0 Å². The summed E-state index contributed by atoms with van der Waals surface area (Å²) in [5.41, 5.74) is 6.79. The summed E-state index contributed by atoms with van der Waals surface area (Å²) in [4.78, 5) is 6.20. The molecular formula is C11H16N4O. The molecule has 1 saturated heterocycles. The van der Waals surface area contributed by atoms with Crippen LogP contribution in [0.2, 0.25) is 0 Å². The van der Waals surface area contributed by atoms with E-state index in [2.05, 4.69) is 15.0 Å². The number of oxime groups is 1. The topological polar surface area (TPSA) is 74.7 Å². The van der Waals surface area contributed by atoms with Gasteiger partial charge in [-0.05, 0) is 43.6 Å². The van der Waals surface area contributed by atoms with Crippen molar-refractivity contribution in [3.8, 4) is 0 Å². The largest absolute Gasteiger partial charge is 0.409 e. The lowest BCUT2D eigenvalue weighted by atomic mass is 10.1. The van der Waals surface area contributed by atoms with E-state index in [1.807, 2.05) is 12.1 Å². The highest BCUT2D eigenvalue weighted by Crippen LogP contribution is 2.24. The molecule has 16 heavy (non-hydrogen) atoms. The van der Waals surface area contributed by atoms with Crippen LogP contribution >= 0.6 is 0 Å². The van der Waals surface area contributed by atoms with E-state index in [9.17, 15) is 0 Å². The van der Waals surface area contributed by atoms with Gasteiger partial charge in [0.2, 0.25) is 0 Å². The predicted molar refractivity (Wildman–Crippen MR) is 61.2 cm³/mol. The van der Waals surface area contributed by atoms with Gasteiger partial charge in [0.25, 0.3) is 0 Å². The molecule has 1 aliphatic rings. The van der Waals surface area contributed by atoms with E-state index in [4.69, 9.17) is 10.9 Å². The second-order valence-corrected chi connectivity index (χ2v) is 3.95. The zero-order valence-corrected chi connectivity index (χ0v) is 9.08. The Hall–Kier alpha value is -1.62. The Balaban J connectivity index is 2.27. The van der Waals surface area contributed by atoms with Crippen molar-refractivity contribution in [1.82, 2.24) is 9.88 Å². The lowest BCUT2D eigenvalue weighted by Crippen LogP contribution is -2.36. The Morgan fingerprint density at radius 3 is 2.56 bits per heavy atom. The van der Waals surface area contributed by atoms with Gasteiger partial charge >= 0.3 is 0 Å². The zero-order valence-electron chi connectivity index (χ0n) is 9.08. The van der Waals surface area contributed by atoms with Crippen LogP contribution in [0.4, 0.5) is 0 Å². The van der Waals surface area contributed by atoms with Crippen molar-refractivity contribution >= 4 is 5.84 Å². The molecule has 1 aliphatic heterocycles. The molecule has 0 aliphatic carbocycles. The molecule has 86 valence electrons. The summed E-state index contributed by atoms with van der Waals surface area (Å²) >= 11 is 0. The quantitative estimate of drug-likeness (QED) is 0.344. The normalized spacial score (nSPS) is 19.9. The number of nitrogens with two attached hydrogens (primary N) is 1. The van der Waals surface area contributed by atoms with E-state index in [0.717, 1.165) is 18.7 Å². The van der Waals surface area contributed by atoms with Crippen molar-refractivity contribution in [3.05, 3.63) is 30.1 Å². The molecule has 1 aromatic heterocycles. The highest BCUT2D eigenvalue weighted by molar-refractivity contribution is 5.86. The fourth-order valence-corrected chi connectivity index (χ4v) is 2.17. The highest BCUT2D eigenvalue weighted by Gasteiger charge is 2.26. The van der Waals surface area contributed by atoms with Crippen molar-refractivity contribution < 1.29 is 5.21 Å². The molecule has 1 atom stereocenters. The first-order valence-corrected chi connectivity index (χ1v) is 5.44. The van der Waals surface area contributed by atoms with Crippen LogP contribution in [0.15, 0.2) is 29.7 Å². The summed E-state index contributed by atoms with van der Waals surface area (Å²) in [7, 11) is 0. The molecule has 0 amide bonds. The molecule has 0 bridgehead atoms. The molecule has 0 spiro atoms. The second kappa shape index (κ2) is 4.94. The van der Waals surface area contributed by atoms with Crippen LogP contribution in [0.3, 0.4) is 0 Å². The van der Waals surface area contributed by atoms with E-state index in [1.54, 1.807) is 12.4 Å². The number of likely N-dealkylation sites (tertiary alicyclic amines) is 1. The molecule has 0 saturated carbocycles. The average molecular weight is 220 g/mol. The van der Waals surface area contributed by atoms with Gasteiger partial charge in [0, 0.05) is 12.4 Å². The van der Waals surface area contributed by atoms with Crippen LogP contribution in [0.5, 0.6) is 0 Å². The molecule has 3 N–H and O–H groups in total. The summed E-state index contributed by atoms with van der Waals surface area (Å²) in [6.45, 7) is 1.98. The van der Waals surface area contributed by atoms with Crippen LogP contribution < -0.4 is 5.73 Å². The van der Waals surface area contributed by atoms with E-state index in [1.165, 1.54) is 12.8 Å². The smallest absolute Gasteiger partial charge is 0.161 e. The van der Waals surface area contributed by atoms with Crippen molar-refractivity contribution in [2.45, 2.75) is 18.9 Å². The number of hydrogen-bond acceptors (Lipinski definition) is 4. The molecule has 1 fully saturated rings. The summed E-state index contributed by atoms with van der Waals surface area (Å²) in [6, 6.07) is 3.68. The minimum absolute atomic E-state index is 0.129. The summed E-state index contributed by atoms with van der Waals surface area (Å²) in [5.74, 6) is 0.244. The number of amidine groups is 1. The third-order valence-electron chi connectivity index (χ3n) is 2.92. The molecule has 0 aromatic carbocycles. The Bertz CT molecular complexity index is 360. The van der Waals surface area contributed by atoms with Crippen LogP contribution in [-0.2, 0) is 0 Å². The fourth-order valence-electron chi connectivity index (χ4n) is 2.17. The fraction of sp³-hybridized carbons (Fsp3) is 0.455. The number of aromatic nitrogens is 1. The number of nitrogens with zero attached hydrogens (tertiary/aromatic N) is 3. The third kappa shape index (κ3) is 2.14. The maximum Gasteiger partial charge on any atom is 0.161 e. The Kier molecular flexibility index (Phi) is 3.36. The lowest BCUT2D eigenvalue weighted by Gasteiger charge is -2.26. The summed E-state index contributed by atoms with van der Waals surface area (Å²) in [5, 5.41) is 12.0. The molecule has 0 unspecified atom stereocenters. The first-order valence-electron chi connectivity index (χ1n) is 5.44. The van der Waals surface area contributed by atoms with Gasteiger partial charge in [0.1, 0.15) is 0 Å². The molecule has 5 heteroatoms. The van der Waals surface area contributed by atoms with Crippen molar-refractivity contribution in [2.75, 3.05) is 13.1 Å². The van der Waals surface area contributed by atoms with E-state index in [-0.39, 0.29) is 11.9 Å². The molecule has 5 nitrogen and oxygen atoms in total. The second-order valence-electron chi connectivity index (χ2n) is 3.95. The monoisotopic (exact) mass is 220 g/mol. The maximum atomic E-state index is 8.85. The van der Waals surface area contributed by atoms with Crippen LogP contribution in [-0.4, -0.2) is 34.0 Å². The zero-order chi connectivity index (χ0) is 11.4. The number of hydrogen-bond donors (Lipinski definition) is 2. The summed E-state index contributed by atoms with van der Waals surface area (Å²) in [6.07, 6.45) is 5.78. The number of pyridine rings is 1. The van der Waals surface area contributed by atoms with E-state index < -0.39 is 0 Å². The van der Waals surface area contributed by atoms with Gasteiger partial charge in [0.05, 0.1) is 6.04 Å². The lowest BCUT2D eigenvalue weighted by molar-refractivity contribution is 0.278. The molecule has 2 heterocycles. The number of rotatable bonds is 3. The van der Waals surface area contributed by atoms with E-state index in [0.29, 0.717) is 0 Å². The van der Waals surface area contributed by atoms with Crippen LogP contribution in [0, 0.1) is 0 Å². The van der Waals surface area contributed by atoms with E-state index >= 15 is 0 Å². The summed E-state index contributed by atoms with van der Waals surface area (Å²) < 4.78 is 0. The van der Waals surface area contributed by atoms with Crippen molar-refractivity contribution in [3.63, 3.8) is 0 Å². The SMILES string of the molecule is NC(=NO)[C@H](c1ccncc1)N1CCCC1. The maximum absolute atomic E-state index is 8.85. The van der Waals surface area contributed by atoms with Gasteiger partial charge in [-0.1, -0.05) is 5.16 Å². The van der Waals surface area contributed by atoms with Gasteiger partial charge in [-0.25, -0.2) is 0 Å². The van der Waals surface area contributed by atoms with Crippen molar-refractivity contribution in [1.29, 1.82) is 0 Å².